The molecule has 0 bridgehead atoms. The zero-order valence-corrected chi connectivity index (χ0v) is 43.2. The summed E-state index contributed by atoms with van der Waals surface area (Å²) in [6.45, 7) is 4.65. The molecule has 2 atom stereocenters. The third-order valence-corrected chi connectivity index (χ3v) is 12.2. The van der Waals surface area contributed by atoms with Crippen LogP contribution in [0.2, 0.25) is 0 Å². The van der Waals surface area contributed by atoms with E-state index in [2.05, 4.69) is 62.5 Å². The first-order valence-corrected chi connectivity index (χ1v) is 27.2. The van der Waals surface area contributed by atoms with Crippen LogP contribution in [-0.2, 0) is 28.6 Å². The lowest BCUT2D eigenvalue weighted by Gasteiger charge is -2.31. The minimum atomic E-state index is -0.875. The molecule has 1 N–H and O–H groups in total. The van der Waals surface area contributed by atoms with Crippen molar-refractivity contribution in [3.05, 3.63) is 48.6 Å². The van der Waals surface area contributed by atoms with Gasteiger partial charge in [0.2, 0.25) is 0 Å². The number of carbonyl (C=O) groups is 3. The van der Waals surface area contributed by atoms with E-state index >= 15 is 0 Å². The predicted molar refractivity (Wildman–Crippen MR) is 275 cm³/mol. The molecule has 0 heterocycles. The summed E-state index contributed by atoms with van der Waals surface area (Å²) in [5, 5.41) is 9.67. The number of hydrogen-bond donors (Lipinski definition) is 1. The molecular formula is C57H104NO7+. The molecule has 0 aromatic carbocycles. The summed E-state index contributed by atoms with van der Waals surface area (Å²) < 4.78 is 17.4. The van der Waals surface area contributed by atoms with Crippen LogP contribution in [0, 0.1) is 0 Å². The van der Waals surface area contributed by atoms with Crippen molar-refractivity contribution in [1.82, 2.24) is 0 Å². The van der Waals surface area contributed by atoms with E-state index in [9.17, 15) is 19.5 Å². The fourth-order valence-corrected chi connectivity index (χ4v) is 8.04. The molecule has 2 unspecified atom stereocenters. The maximum absolute atomic E-state index is 12.8. The van der Waals surface area contributed by atoms with Crippen molar-refractivity contribution in [1.29, 1.82) is 0 Å². The van der Waals surface area contributed by atoms with Gasteiger partial charge in [0.15, 0.2) is 12.1 Å². The number of carboxylic acids is 1. The Hall–Kier alpha value is -2.71. The van der Waals surface area contributed by atoms with E-state index in [4.69, 9.17) is 14.2 Å². The van der Waals surface area contributed by atoms with E-state index in [1.165, 1.54) is 154 Å². The Morgan fingerprint density at radius 2 is 0.862 bits per heavy atom. The van der Waals surface area contributed by atoms with Crippen LogP contribution in [-0.4, -0.2) is 80.6 Å². The van der Waals surface area contributed by atoms with E-state index in [1.807, 2.05) is 21.1 Å². The number of allylic oxidation sites excluding steroid dienone is 8. The van der Waals surface area contributed by atoms with Gasteiger partial charge in [-0.3, -0.25) is 9.59 Å². The third-order valence-electron chi connectivity index (χ3n) is 12.2. The van der Waals surface area contributed by atoms with Gasteiger partial charge in [0.05, 0.1) is 34.4 Å². The Kier molecular flexibility index (Phi) is 45.8. The summed E-state index contributed by atoms with van der Waals surface area (Å²) in [6.07, 6.45) is 58.8. The number of rotatable bonds is 49. The SMILES string of the molecule is CC/C=C/C/C=C/C/C=C/CCCCCCCCCCCC(=O)OCC(COCCC(C(=O)O)[N+](C)(C)C)OC(=O)CCCCCCCCC/C=C/CCCCCCCCCCCCC. The zero-order valence-electron chi connectivity index (χ0n) is 43.2. The molecule has 0 radical (unpaired) electrons. The van der Waals surface area contributed by atoms with Crippen LogP contribution in [0.5, 0.6) is 0 Å². The van der Waals surface area contributed by atoms with Crippen LogP contribution >= 0.6 is 0 Å². The highest BCUT2D eigenvalue weighted by Gasteiger charge is 2.31. The number of ether oxygens (including phenoxy) is 3. The fraction of sp³-hybridized carbons (Fsp3) is 0.807. The zero-order chi connectivity index (χ0) is 47.7. The molecule has 0 aromatic heterocycles. The van der Waals surface area contributed by atoms with Gasteiger partial charge >= 0.3 is 17.9 Å². The Morgan fingerprint density at radius 3 is 1.29 bits per heavy atom. The topological polar surface area (TPSA) is 99.1 Å². The minimum Gasteiger partial charge on any atom is -0.477 e. The quantitative estimate of drug-likeness (QED) is 0.0281. The fourth-order valence-electron chi connectivity index (χ4n) is 8.04. The normalized spacial score (nSPS) is 13.2. The molecule has 65 heavy (non-hydrogen) atoms. The maximum Gasteiger partial charge on any atom is 0.362 e. The first-order valence-electron chi connectivity index (χ1n) is 27.2. The van der Waals surface area contributed by atoms with Crippen LogP contribution in [0.15, 0.2) is 48.6 Å². The summed E-state index contributed by atoms with van der Waals surface area (Å²) in [4.78, 5) is 37.2. The van der Waals surface area contributed by atoms with Gasteiger partial charge in [-0.05, 0) is 70.6 Å². The lowest BCUT2D eigenvalue weighted by atomic mass is 10.0. The van der Waals surface area contributed by atoms with E-state index in [0.29, 0.717) is 19.3 Å². The molecule has 0 saturated carbocycles. The predicted octanol–water partition coefficient (Wildman–Crippen LogP) is 15.9. The number of unbranched alkanes of at least 4 members (excludes halogenated alkanes) is 27. The van der Waals surface area contributed by atoms with Crippen LogP contribution < -0.4 is 0 Å². The lowest BCUT2D eigenvalue weighted by Crippen LogP contribution is -2.50. The molecule has 0 aliphatic rings. The van der Waals surface area contributed by atoms with Crippen LogP contribution in [0.25, 0.3) is 0 Å². The van der Waals surface area contributed by atoms with Gasteiger partial charge in [0.25, 0.3) is 0 Å². The smallest absolute Gasteiger partial charge is 0.362 e. The second-order valence-corrected chi connectivity index (χ2v) is 19.5. The first kappa shape index (κ1) is 62.3. The molecule has 0 spiro atoms. The average Bonchev–Trinajstić information content (AvgIpc) is 3.27. The van der Waals surface area contributed by atoms with Crippen LogP contribution in [0.1, 0.15) is 245 Å². The van der Waals surface area contributed by atoms with Crippen molar-refractivity contribution in [2.75, 3.05) is 41.0 Å². The third kappa shape index (κ3) is 46.2. The van der Waals surface area contributed by atoms with Gasteiger partial charge in [0, 0.05) is 19.3 Å². The number of hydrogen-bond acceptors (Lipinski definition) is 6. The minimum absolute atomic E-state index is 0.0550. The first-order chi connectivity index (χ1) is 31.6. The summed E-state index contributed by atoms with van der Waals surface area (Å²) in [5.41, 5.74) is 0. The molecule has 0 aromatic rings. The number of carbonyl (C=O) groups excluding carboxylic acids is 2. The van der Waals surface area contributed by atoms with Crippen molar-refractivity contribution >= 4 is 17.9 Å². The van der Waals surface area contributed by atoms with Crippen molar-refractivity contribution in [3.8, 4) is 0 Å². The lowest BCUT2D eigenvalue weighted by molar-refractivity contribution is -0.887. The standard InChI is InChI=1S/C57H103NO7/c1-6-8-10-12-14-16-18-20-22-24-26-27-28-30-32-34-36-38-40-42-44-46-48-56(60)65-53(51-63-50-49-54(57(61)62)58(3,4)5)52-64-55(59)47-45-43-41-39-37-35-33-31-29-25-23-21-19-17-15-13-11-9-7-2/h9,11,15,17,21,23,28,30,53-54H,6-8,10,12-14,16,18-20,22,24-27,29,31-52H2,1-5H3/p+1/b11-9+,17-15+,23-21+,30-28+. The second kappa shape index (κ2) is 47.8. The van der Waals surface area contributed by atoms with E-state index in [1.54, 1.807) is 0 Å². The van der Waals surface area contributed by atoms with Crippen molar-refractivity contribution in [2.24, 2.45) is 0 Å². The van der Waals surface area contributed by atoms with Crippen molar-refractivity contribution < 1.29 is 38.2 Å². The highest BCUT2D eigenvalue weighted by molar-refractivity contribution is 5.72. The number of aliphatic carboxylic acids is 1. The van der Waals surface area contributed by atoms with E-state index in [0.717, 1.165) is 57.8 Å². The highest BCUT2D eigenvalue weighted by atomic mass is 16.6. The molecular weight excluding hydrogens is 811 g/mol. The van der Waals surface area contributed by atoms with Gasteiger partial charge < -0.3 is 23.8 Å². The molecule has 0 saturated heterocycles. The number of esters is 2. The van der Waals surface area contributed by atoms with E-state index in [-0.39, 0.29) is 36.2 Å². The second-order valence-electron chi connectivity index (χ2n) is 19.5. The molecule has 378 valence electrons. The largest absolute Gasteiger partial charge is 0.477 e. The Morgan fingerprint density at radius 1 is 0.477 bits per heavy atom. The van der Waals surface area contributed by atoms with E-state index < -0.39 is 18.1 Å². The van der Waals surface area contributed by atoms with Crippen molar-refractivity contribution in [2.45, 2.75) is 257 Å². The summed E-state index contributed by atoms with van der Waals surface area (Å²) >= 11 is 0. The van der Waals surface area contributed by atoms with Crippen LogP contribution in [0.3, 0.4) is 0 Å². The number of likely N-dealkylation sites (N-methyl/N-ethyl adjacent to an activating group) is 1. The molecule has 0 amide bonds. The summed E-state index contributed by atoms with van der Waals surface area (Å²) in [7, 11) is 5.54. The Balaban J connectivity index is 4.21. The molecule has 0 aliphatic heterocycles. The van der Waals surface area contributed by atoms with Crippen LogP contribution in [0.4, 0.5) is 0 Å². The van der Waals surface area contributed by atoms with Gasteiger partial charge in [0.1, 0.15) is 6.61 Å². The van der Waals surface area contributed by atoms with Gasteiger partial charge in [-0.25, -0.2) is 4.79 Å². The van der Waals surface area contributed by atoms with Gasteiger partial charge in [-0.1, -0.05) is 204 Å². The highest BCUT2D eigenvalue weighted by Crippen LogP contribution is 2.16. The number of nitrogens with zero attached hydrogens (tertiary/aromatic N) is 1. The molecule has 8 heteroatoms. The molecule has 0 rings (SSSR count). The number of quaternary nitrogens is 1. The molecule has 0 aliphatic carbocycles. The average molecular weight is 915 g/mol. The number of carboxylic acid groups (broad SMARTS) is 1. The van der Waals surface area contributed by atoms with Crippen molar-refractivity contribution in [3.63, 3.8) is 0 Å². The summed E-state index contributed by atoms with van der Waals surface area (Å²) in [6, 6.07) is -0.617. The maximum atomic E-state index is 12.8. The molecule has 8 nitrogen and oxygen atoms in total. The molecule has 0 fully saturated rings. The Labute approximate surface area is 401 Å². The summed E-state index contributed by atoms with van der Waals surface area (Å²) in [5.74, 6) is -1.47. The van der Waals surface area contributed by atoms with Gasteiger partial charge in [-0.15, -0.1) is 0 Å². The monoisotopic (exact) mass is 915 g/mol. The Bertz CT molecular complexity index is 1200. The van der Waals surface area contributed by atoms with Gasteiger partial charge in [-0.2, -0.15) is 0 Å².